The zero-order chi connectivity index (χ0) is 21.4. The third-order valence-corrected chi connectivity index (χ3v) is 5.52. The van der Waals surface area contributed by atoms with E-state index in [4.69, 9.17) is 21.1 Å². The molecule has 156 valence electrons. The molecule has 1 aromatic rings. The van der Waals surface area contributed by atoms with Gasteiger partial charge in [0.1, 0.15) is 12.1 Å². The summed E-state index contributed by atoms with van der Waals surface area (Å²) in [7, 11) is 0. The standard InChI is InChI=1S/C21H24ClNO6/c1-20(2,3)29-14(24)11-23-19(27)16-17(25)15-12(5-4-6-13(15)22)21(18(16)26)7-9-28-10-8-21/h4-6,16H,7-11H2,1-3H3,(H,23,27). The number of ether oxygens (including phenoxy) is 2. The molecular formula is C21H24ClNO6. The molecule has 0 saturated carbocycles. The summed E-state index contributed by atoms with van der Waals surface area (Å²) in [4.78, 5) is 51.2. The van der Waals surface area contributed by atoms with Crippen LogP contribution in [0.3, 0.4) is 0 Å². The summed E-state index contributed by atoms with van der Waals surface area (Å²) in [6.45, 7) is 5.37. The first-order chi connectivity index (χ1) is 13.6. The SMILES string of the molecule is CC(C)(C)OC(=O)CNC(=O)C1C(=O)c2c(Cl)cccc2C2(CCOCC2)C1=O. The Morgan fingerprint density at radius 3 is 2.52 bits per heavy atom. The van der Waals surface area contributed by atoms with E-state index in [1.54, 1.807) is 39.0 Å². The van der Waals surface area contributed by atoms with E-state index in [9.17, 15) is 19.2 Å². The molecule has 1 atom stereocenters. The van der Waals surface area contributed by atoms with Crippen molar-refractivity contribution in [3.8, 4) is 0 Å². The van der Waals surface area contributed by atoms with Crippen molar-refractivity contribution in [2.24, 2.45) is 5.92 Å². The van der Waals surface area contributed by atoms with E-state index in [1.165, 1.54) is 0 Å². The van der Waals surface area contributed by atoms with Gasteiger partial charge in [-0.05, 0) is 45.2 Å². The maximum absolute atomic E-state index is 13.4. The molecule has 0 aromatic heterocycles. The first-order valence-corrected chi connectivity index (χ1v) is 9.89. The number of carbonyl (C=O) groups is 4. The lowest BCUT2D eigenvalue weighted by atomic mass is 9.61. The number of carbonyl (C=O) groups excluding carboxylic acids is 4. The molecule has 1 aliphatic heterocycles. The minimum absolute atomic E-state index is 0.202. The molecule has 1 saturated heterocycles. The fraction of sp³-hybridized carbons (Fsp3) is 0.524. The van der Waals surface area contributed by atoms with Crippen LogP contribution < -0.4 is 5.32 Å². The average Bonchev–Trinajstić information content (AvgIpc) is 2.64. The van der Waals surface area contributed by atoms with Gasteiger partial charge in [-0.1, -0.05) is 23.7 Å². The van der Waals surface area contributed by atoms with Crippen LogP contribution in [-0.2, 0) is 29.3 Å². The number of halogens is 1. The second-order valence-corrected chi connectivity index (χ2v) is 8.73. The maximum Gasteiger partial charge on any atom is 0.325 e. The summed E-state index contributed by atoms with van der Waals surface area (Å²) in [6, 6.07) is 4.98. The van der Waals surface area contributed by atoms with Crippen LogP contribution in [0.2, 0.25) is 5.02 Å². The van der Waals surface area contributed by atoms with Gasteiger partial charge >= 0.3 is 5.97 Å². The Morgan fingerprint density at radius 1 is 1.24 bits per heavy atom. The summed E-state index contributed by atoms with van der Waals surface area (Å²) in [5.74, 6) is -4.14. The Bertz CT molecular complexity index is 866. The minimum Gasteiger partial charge on any atom is -0.459 e. The number of Topliss-reactive ketones (excluding diaryl/α,β-unsaturated/α-hetero) is 2. The molecule has 1 amide bonds. The van der Waals surface area contributed by atoms with E-state index in [2.05, 4.69) is 5.32 Å². The van der Waals surface area contributed by atoms with Gasteiger partial charge in [-0.2, -0.15) is 0 Å². The van der Waals surface area contributed by atoms with Crippen molar-refractivity contribution in [3.63, 3.8) is 0 Å². The quantitative estimate of drug-likeness (QED) is 0.593. The molecule has 1 unspecified atom stereocenters. The number of hydrogen-bond donors (Lipinski definition) is 1. The molecule has 8 heteroatoms. The topological polar surface area (TPSA) is 98.8 Å². The van der Waals surface area contributed by atoms with Crippen LogP contribution >= 0.6 is 11.6 Å². The Balaban J connectivity index is 1.91. The molecule has 29 heavy (non-hydrogen) atoms. The lowest BCUT2D eigenvalue weighted by molar-refractivity contribution is -0.155. The third-order valence-electron chi connectivity index (χ3n) is 5.21. The van der Waals surface area contributed by atoms with E-state index < -0.39 is 46.9 Å². The highest BCUT2D eigenvalue weighted by molar-refractivity contribution is 6.38. The van der Waals surface area contributed by atoms with Gasteiger partial charge in [-0.15, -0.1) is 0 Å². The first kappa shape index (κ1) is 21.5. The van der Waals surface area contributed by atoms with E-state index in [0.29, 0.717) is 31.6 Å². The van der Waals surface area contributed by atoms with Crippen LogP contribution in [0.5, 0.6) is 0 Å². The number of esters is 1. The van der Waals surface area contributed by atoms with Crippen molar-refractivity contribution in [3.05, 3.63) is 34.3 Å². The predicted molar refractivity (Wildman–Crippen MR) is 105 cm³/mol. The molecular weight excluding hydrogens is 398 g/mol. The van der Waals surface area contributed by atoms with Gasteiger partial charge in [-0.25, -0.2) is 0 Å². The molecule has 1 N–H and O–H groups in total. The van der Waals surface area contributed by atoms with Crippen molar-refractivity contribution in [2.45, 2.75) is 44.6 Å². The van der Waals surface area contributed by atoms with Crippen LogP contribution in [0.4, 0.5) is 0 Å². The van der Waals surface area contributed by atoms with E-state index in [1.807, 2.05) is 0 Å². The monoisotopic (exact) mass is 421 g/mol. The first-order valence-electron chi connectivity index (χ1n) is 9.52. The van der Waals surface area contributed by atoms with Gasteiger partial charge in [0.2, 0.25) is 5.91 Å². The van der Waals surface area contributed by atoms with Crippen LogP contribution in [0, 0.1) is 5.92 Å². The molecule has 3 rings (SSSR count). The van der Waals surface area contributed by atoms with Crippen LogP contribution in [0.25, 0.3) is 0 Å². The summed E-state index contributed by atoms with van der Waals surface area (Å²) < 4.78 is 10.6. The summed E-state index contributed by atoms with van der Waals surface area (Å²) in [5, 5.41) is 2.58. The lowest BCUT2D eigenvalue weighted by Crippen LogP contribution is -2.55. The second kappa shape index (κ2) is 7.88. The second-order valence-electron chi connectivity index (χ2n) is 8.32. The van der Waals surface area contributed by atoms with Crippen LogP contribution in [0.1, 0.15) is 49.5 Å². The average molecular weight is 422 g/mol. The molecule has 1 fully saturated rings. The number of fused-ring (bicyclic) bond motifs is 2. The highest BCUT2D eigenvalue weighted by atomic mass is 35.5. The molecule has 1 aromatic carbocycles. The van der Waals surface area contributed by atoms with E-state index in [-0.39, 0.29) is 10.6 Å². The highest BCUT2D eigenvalue weighted by Gasteiger charge is 2.55. The largest absolute Gasteiger partial charge is 0.459 e. The number of benzene rings is 1. The van der Waals surface area contributed by atoms with Gasteiger partial charge in [-0.3, -0.25) is 19.2 Å². The Labute approximate surface area is 174 Å². The van der Waals surface area contributed by atoms with E-state index >= 15 is 0 Å². The Hall–Kier alpha value is -2.25. The molecule has 1 spiro atoms. The zero-order valence-corrected chi connectivity index (χ0v) is 17.4. The van der Waals surface area contributed by atoms with Crippen LogP contribution in [-0.4, -0.2) is 48.8 Å². The maximum atomic E-state index is 13.4. The Morgan fingerprint density at radius 2 is 1.90 bits per heavy atom. The molecule has 2 aliphatic rings. The van der Waals surface area contributed by atoms with Gasteiger partial charge in [0.25, 0.3) is 0 Å². The molecule has 7 nitrogen and oxygen atoms in total. The Kier molecular flexibility index (Phi) is 5.83. The van der Waals surface area contributed by atoms with Gasteiger partial charge in [0.05, 0.1) is 10.4 Å². The lowest BCUT2D eigenvalue weighted by Gasteiger charge is -2.42. The summed E-state index contributed by atoms with van der Waals surface area (Å²) in [5.41, 5.74) is -0.954. The van der Waals surface area contributed by atoms with Crippen molar-refractivity contribution in [2.75, 3.05) is 19.8 Å². The normalized spacial score (nSPS) is 20.9. The van der Waals surface area contributed by atoms with Gasteiger partial charge in [0, 0.05) is 18.8 Å². The number of hydrogen-bond acceptors (Lipinski definition) is 6. The number of nitrogens with one attached hydrogen (secondary N) is 1. The van der Waals surface area contributed by atoms with Gasteiger partial charge < -0.3 is 14.8 Å². The van der Waals surface area contributed by atoms with Crippen molar-refractivity contribution < 1.29 is 28.7 Å². The van der Waals surface area contributed by atoms with E-state index in [0.717, 1.165) is 0 Å². The van der Waals surface area contributed by atoms with Crippen LogP contribution in [0.15, 0.2) is 18.2 Å². The zero-order valence-electron chi connectivity index (χ0n) is 16.7. The van der Waals surface area contributed by atoms with Gasteiger partial charge in [0.15, 0.2) is 17.5 Å². The molecule has 0 radical (unpaired) electrons. The van der Waals surface area contributed by atoms with Crippen molar-refractivity contribution in [1.82, 2.24) is 5.32 Å². The molecule has 1 aliphatic carbocycles. The highest BCUT2D eigenvalue weighted by Crippen LogP contribution is 2.45. The smallest absolute Gasteiger partial charge is 0.325 e. The number of rotatable bonds is 3. The predicted octanol–water partition coefficient (Wildman–Crippen LogP) is 2.23. The fourth-order valence-corrected chi connectivity index (χ4v) is 4.23. The summed E-state index contributed by atoms with van der Waals surface area (Å²) in [6.07, 6.45) is 0.727. The molecule has 0 bridgehead atoms. The minimum atomic E-state index is -1.55. The number of ketones is 2. The third kappa shape index (κ3) is 4.07. The fourth-order valence-electron chi connectivity index (χ4n) is 3.96. The van der Waals surface area contributed by atoms with Crippen molar-refractivity contribution >= 4 is 35.0 Å². The summed E-state index contributed by atoms with van der Waals surface area (Å²) >= 11 is 6.29. The number of amides is 1. The van der Waals surface area contributed by atoms with Crippen molar-refractivity contribution in [1.29, 1.82) is 0 Å². The molecule has 1 heterocycles.